The molecule has 0 aliphatic heterocycles. The normalized spacial score (nSPS) is 11.0. The Labute approximate surface area is 158 Å². The van der Waals surface area contributed by atoms with Gasteiger partial charge < -0.3 is 9.30 Å². The average molecular weight is 387 g/mol. The van der Waals surface area contributed by atoms with Crippen LogP contribution in [-0.2, 0) is 21.2 Å². The third-order valence-electron chi connectivity index (χ3n) is 4.30. The molecule has 0 spiro atoms. The SMILES string of the molecule is COC(=O)c1cc(-c2ccc(C[SH](=O)=O)cc2)n(-c2ccc(F)cc2)c1C. The average Bonchev–Trinajstić information content (AvgIpc) is 2.99. The summed E-state index contributed by atoms with van der Waals surface area (Å²) in [6.07, 6.45) is 0. The number of carbonyl (C=O) groups is 1. The number of nitrogens with zero attached hydrogens (tertiary/aromatic N) is 1. The monoisotopic (exact) mass is 387 g/mol. The third-order valence-corrected chi connectivity index (χ3v) is 4.92. The van der Waals surface area contributed by atoms with Crippen molar-refractivity contribution < 1.29 is 22.3 Å². The highest BCUT2D eigenvalue weighted by molar-refractivity contribution is 7.71. The van der Waals surface area contributed by atoms with Crippen molar-refractivity contribution in [3.8, 4) is 16.9 Å². The Balaban J connectivity index is 2.15. The summed E-state index contributed by atoms with van der Waals surface area (Å²) in [6.45, 7) is 1.79. The Morgan fingerprint density at radius 1 is 1.07 bits per heavy atom. The Morgan fingerprint density at radius 3 is 2.26 bits per heavy atom. The molecule has 3 rings (SSSR count). The minimum Gasteiger partial charge on any atom is -0.465 e. The van der Waals surface area contributed by atoms with Crippen LogP contribution in [0.4, 0.5) is 4.39 Å². The van der Waals surface area contributed by atoms with Crippen molar-refractivity contribution in [1.82, 2.24) is 4.57 Å². The number of rotatable bonds is 5. The van der Waals surface area contributed by atoms with E-state index in [4.69, 9.17) is 4.74 Å². The molecule has 0 radical (unpaired) electrons. The molecule has 0 unspecified atom stereocenters. The molecule has 0 aliphatic rings. The second-order valence-corrected chi connectivity index (χ2v) is 7.00. The molecule has 0 amide bonds. The van der Waals surface area contributed by atoms with Gasteiger partial charge in [-0.2, -0.15) is 0 Å². The van der Waals surface area contributed by atoms with Crippen molar-refractivity contribution in [2.45, 2.75) is 12.7 Å². The molecule has 0 atom stereocenters. The highest BCUT2D eigenvalue weighted by Gasteiger charge is 2.20. The summed E-state index contributed by atoms with van der Waals surface area (Å²) in [5, 5.41) is 0. The zero-order valence-electron chi connectivity index (χ0n) is 14.8. The lowest BCUT2D eigenvalue weighted by atomic mass is 10.1. The van der Waals surface area contributed by atoms with Crippen molar-refractivity contribution in [2.75, 3.05) is 7.11 Å². The fraction of sp³-hybridized carbons (Fsp3) is 0.150. The van der Waals surface area contributed by atoms with Gasteiger partial charge in [0.25, 0.3) is 0 Å². The Bertz CT molecular complexity index is 1040. The second kappa shape index (κ2) is 7.75. The summed E-state index contributed by atoms with van der Waals surface area (Å²) < 4.78 is 41.8. The highest BCUT2D eigenvalue weighted by atomic mass is 32.2. The quantitative estimate of drug-likeness (QED) is 0.538. The number of halogens is 1. The van der Waals surface area contributed by atoms with E-state index in [1.807, 2.05) is 4.57 Å². The zero-order chi connectivity index (χ0) is 19.6. The summed E-state index contributed by atoms with van der Waals surface area (Å²) in [5.41, 5.74) is 3.96. The highest BCUT2D eigenvalue weighted by Crippen LogP contribution is 2.30. The lowest BCUT2D eigenvalue weighted by Gasteiger charge is -2.12. The van der Waals surface area contributed by atoms with E-state index in [0.717, 1.165) is 11.3 Å². The summed E-state index contributed by atoms with van der Waals surface area (Å²) in [5.74, 6) is -0.843. The van der Waals surface area contributed by atoms with Gasteiger partial charge in [0.2, 0.25) is 0 Å². The number of methoxy groups -OCH3 is 1. The first-order valence-electron chi connectivity index (χ1n) is 8.18. The predicted octanol–water partition coefficient (Wildman–Crippen LogP) is 3.49. The first kappa shape index (κ1) is 18.8. The predicted molar refractivity (Wildman–Crippen MR) is 101 cm³/mol. The van der Waals surface area contributed by atoms with Crippen LogP contribution in [0.2, 0.25) is 0 Å². The van der Waals surface area contributed by atoms with Crippen molar-refractivity contribution in [1.29, 1.82) is 0 Å². The number of esters is 1. The van der Waals surface area contributed by atoms with Crippen LogP contribution in [0.25, 0.3) is 16.9 Å². The van der Waals surface area contributed by atoms with Gasteiger partial charge in [-0.3, -0.25) is 0 Å². The van der Waals surface area contributed by atoms with Crippen LogP contribution in [0, 0.1) is 12.7 Å². The van der Waals surface area contributed by atoms with Crippen LogP contribution >= 0.6 is 0 Å². The molecule has 27 heavy (non-hydrogen) atoms. The van der Waals surface area contributed by atoms with E-state index in [-0.39, 0.29) is 11.6 Å². The molecule has 0 saturated carbocycles. The summed E-state index contributed by atoms with van der Waals surface area (Å²) in [7, 11) is -1.18. The zero-order valence-corrected chi connectivity index (χ0v) is 15.7. The van der Waals surface area contributed by atoms with Crippen molar-refractivity contribution in [2.24, 2.45) is 0 Å². The summed E-state index contributed by atoms with van der Waals surface area (Å²) >= 11 is 0. The molecule has 1 aromatic heterocycles. The summed E-state index contributed by atoms with van der Waals surface area (Å²) in [6, 6.07) is 14.7. The van der Waals surface area contributed by atoms with Gasteiger partial charge in [0.1, 0.15) is 16.5 Å². The van der Waals surface area contributed by atoms with Crippen LogP contribution in [-0.4, -0.2) is 26.1 Å². The molecule has 2 aromatic carbocycles. The number of hydrogen-bond donors (Lipinski definition) is 1. The maximum absolute atomic E-state index is 13.3. The number of carbonyl (C=O) groups excluding carboxylic acids is 1. The Morgan fingerprint density at radius 2 is 1.70 bits per heavy atom. The smallest absolute Gasteiger partial charge is 0.339 e. The minimum atomic E-state index is -2.50. The molecular formula is C20H18FNO4S. The fourth-order valence-corrected chi connectivity index (χ4v) is 3.50. The van der Waals surface area contributed by atoms with E-state index >= 15 is 0 Å². The van der Waals surface area contributed by atoms with Crippen LogP contribution in [0.3, 0.4) is 0 Å². The van der Waals surface area contributed by atoms with Crippen LogP contribution in [0.5, 0.6) is 0 Å². The molecule has 0 bridgehead atoms. The maximum Gasteiger partial charge on any atom is 0.339 e. The van der Waals surface area contributed by atoms with Crippen molar-refractivity contribution >= 4 is 16.7 Å². The first-order valence-corrected chi connectivity index (χ1v) is 9.54. The lowest BCUT2D eigenvalue weighted by Crippen LogP contribution is -2.04. The van der Waals surface area contributed by atoms with E-state index in [1.54, 1.807) is 49.4 Å². The number of aromatic nitrogens is 1. The molecular weight excluding hydrogens is 369 g/mol. The van der Waals surface area contributed by atoms with Gasteiger partial charge in [0, 0.05) is 11.4 Å². The topological polar surface area (TPSA) is 65.4 Å². The van der Waals surface area contributed by atoms with Crippen molar-refractivity contribution in [3.63, 3.8) is 0 Å². The molecule has 0 aliphatic carbocycles. The lowest BCUT2D eigenvalue weighted by molar-refractivity contribution is 0.0600. The molecule has 7 heteroatoms. The molecule has 3 aromatic rings. The number of benzene rings is 2. The van der Waals surface area contributed by atoms with Gasteiger partial charge in [0.15, 0.2) is 0 Å². The Kier molecular flexibility index (Phi) is 5.41. The maximum atomic E-state index is 13.3. The van der Waals surface area contributed by atoms with Gasteiger partial charge in [-0.25, -0.2) is 17.6 Å². The number of hydrogen-bond acceptors (Lipinski definition) is 4. The van der Waals surface area contributed by atoms with Gasteiger partial charge >= 0.3 is 5.97 Å². The Hall–Kier alpha value is -2.93. The van der Waals surface area contributed by atoms with Crippen LogP contribution in [0.15, 0.2) is 54.6 Å². The second-order valence-electron chi connectivity index (χ2n) is 6.02. The van der Waals surface area contributed by atoms with Crippen LogP contribution < -0.4 is 0 Å². The van der Waals surface area contributed by atoms with E-state index in [2.05, 4.69) is 0 Å². The minimum absolute atomic E-state index is 0.0268. The fourth-order valence-electron chi connectivity index (χ4n) is 2.99. The van der Waals surface area contributed by atoms with E-state index in [0.29, 0.717) is 22.5 Å². The van der Waals surface area contributed by atoms with E-state index < -0.39 is 16.7 Å². The first-order chi connectivity index (χ1) is 12.9. The largest absolute Gasteiger partial charge is 0.465 e. The third kappa shape index (κ3) is 3.93. The van der Waals surface area contributed by atoms with Gasteiger partial charge in [-0.1, -0.05) is 24.3 Å². The van der Waals surface area contributed by atoms with Gasteiger partial charge in [-0.05, 0) is 48.4 Å². The van der Waals surface area contributed by atoms with Crippen molar-refractivity contribution in [3.05, 3.63) is 77.2 Å². The summed E-state index contributed by atoms with van der Waals surface area (Å²) in [4.78, 5) is 12.1. The molecule has 5 nitrogen and oxygen atoms in total. The standard InChI is InChI=1S/C20H18FNO4S/c1-13-18(20(23)26-2)11-19(22(13)17-9-7-16(21)8-10-17)15-5-3-14(4-6-15)12-27(24)25/h3-11,27H,12H2,1-2H3. The molecule has 0 N–H and O–H groups in total. The number of ether oxygens (including phenoxy) is 1. The molecule has 1 heterocycles. The molecule has 140 valence electrons. The van der Waals surface area contributed by atoms with Crippen LogP contribution in [0.1, 0.15) is 21.6 Å². The molecule has 0 fully saturated rings. The van der Waals surface area contributed by atoms with Gasteiger partial charge in [0.05, 0.1) is 24.1 Å². The van der Waals surface area contributed by atoms with E-state index in [9.17, 15) is 17.6 Å². The van der Waals surface area contributed by atoms with E-state index in [1.165, 1.54) is 19.2 Å². The van der Waals surface area contributed by atoms with Gasteiger partial charge in [-0.15, -0.1) is 0 Å². The molecule has 0 saturated heterocycles. The number of thiol groups is 1.